The molecule has 0 spiro atoms. The lowest BCUT2D eigenvalue weighted by molar-refractivity contribution is 1.13. The maximum Gasteiger partial charge on any atom is 0.0567 e. The van der Waals surface area contributed by atoms with Crippen molar-refractivity contribution in [2.45, 2.75) is 41.0 Å². The molecular formula is C12H23N. The van der Waals surface area contributed by atoms with Gasteiger partial charge in [0, 0.05) is 6.54 Å². The first-order chi connectivity index (χ1) is 6.35. The molecule has 0 aliphatic heterocycles. The van der Waals surface area contributed by atoms with Crippen LogP contribution < -0.4 is 0 Å². The van der Waals surface area contributed by atoms with Gasteiger partial charge in [0.1, 0.15) is 0 Å². The molecule has 0 amide bonds. The molecule has 0 saturated carbocycles. The summed E-state index contributed by atoms with van der Waals surface area (Å²) in [6.07, 6.45) is 9.28. The third kappa shape index (κ3) is 11.1. The van der Waals surface area contributed by atoms with Gasteiger partial charge in [0.05, 0.1) is 5.71 Å². The van der Waals surface area contributed by atoms with E-state index < -0.39 is 0 Å². The van der Waals surface area contributed by atoms with Crippen molar-refractivity contribution in [3.8, 4) is 0 Å². The molecular weight excluding hydrogens is 158 g/mol. The zero-order valence-corrected chi connectivity index (χ0v) is 9.67. The molecule has 1 heteroatoms. The molecule has 0 N–H and O–H groups in total. The lowest BCUT2D eigenvalue weighted by Crippen LogP contribution is -1.88. The minimum absolute atomic E-state index is 0.855. The minimum atomic E-state index is 0.855. The quantitative estimate of drug-likeness (QED) is 0.581. The van der Waals surface area contributed by atoms with Crippen LogP contribution in [-0.2, 0) is 0 Å². The molecule has 0 aliphatic rings. The largest absolute Gasteiger partial charge is 0.286 e. The highest BCUT2D eigenvalue weighted by Gasteiger charge is 1.82. The molecule has 13 heavy (non-hydrogen) atoms. The lowest BCUT2D eigenvalue weighted by atomic mass is 10.3. The second-order valence-electron chi connectivity index (χ2n) is 2.21. The smallest absolute Gasteiger partial charge is 0.0567 e. The Hall–Kier alpha value is -0.850. The summed E-state index contributed by atoms with van der Waals surface area (Å²) < 4.78 is 0. The van der Waals surface area contributed by atoms with Gasteiger partial charge in [0.2, 0.25) is 0 Å². The first-order valence-corrected chi connectivity index (χ1v) is 5.18. The zero-order chi connectivity index (χ0) is 10.5. The van der Waals surface area contributed by atoms with Gasteiger partial charge in [-0.2, -0.15) is 0 Å². The molecule has 0 fully saturated rings. The SMILES string of the molecule is C/C=C\C(/C=C/CC)=NCC.CC. The van der Waals surface area contributed by atoms with Crippen molar-refractivity contribution in [3.63, 3.8) is 0 Å². The standard InChI is InChI=1S/C10H17N.C2H6/c1-4-7-9-10(8-5-2)11-6-3;1-2/h5,7-9H,4,6H2,1-3H3;1-2H3/b8-5-,9-7+,11-10?;. The van der Waals surface area contributed by atoms with Gasteiger partial charge < -0.3 is 0 Å². The Labute approximate surface area is 83.3 Å². The van der Waals surface area contributed by atoms with Gasteiger partial charge >= 0.3 is 0 Å². The van der Waals surface area contributed by atoms with E-state index in [1.54, 1.807) is 0 Å². The molecule has 0 rings (SSSR count). The Morgan fingerprint density at radius 1 is 1.15 bits per heavy atom. The Kier molecular flexibility index (Phi) is 15.5. The summed E-state index contributed by atoms with van der Waals surface area (Å²) in [6, 6.07) is 0. The Balaban J connectivity index is 0. The molecule has 0 aromatic carbocycles. The third-order valence-corrected chi connectivity index (χ3v) is 1.20. The van der Waals surface area contributed by atoms with Gasteiger partial charge in [-0.25, -0.2) is 0 Å². The number of nitrogens with zero attached hydrogens (tertiary/aromatic N) is 1. The van der Waals surface area contributed by atoms with Crippen molar-refractivity contribution < 1.29 is 0 Å². The predicted octanol–water partition coefficient (Wildman–Crippen LogP) is 4.02. The molecule has 0 radical (unpaired) electrons. The summed E-state index contributed by atoms with van der Waals surface area (Å²) in [4.78, 5) is 4.29. The van der Waals surface area contributed by atoms with Crippen LogP contribution in [-0.4, -0.2) is 12.3 Å². The fourth-order valence-corrected chi connectivity index (χ4v) is 0.753. The Bertz CT molecular complexity index is 164. The molecule has 0 aromatic rings. The second-order valence-corrected chi connectivity index (χ2v) is 2.21. The van der Waals surface area contributed by atoms with Crippen LogP contribution in [0.5, 0.6) is 0 Å². The van der Waals surface area contributed by atoms with Crippen LogP contribution in [0.2, 0.25) is 0 Å². The van der Waals surface area contributed by atoms with E-state index in [1.807, 2.05) is 39.8 Å². The summed E-state index contributed by atoms with van der Waals surface area (Å²) in [5, 5.41) is 0. The van der Waals surface area contributed by atoms with Crippen LogP contribution in [0.3, 0.4) is 0 Å². The van der Waals surface area contributed by atoms with E-state index >= 15 is 0 Å². The van der Waals surface area contributed by atoms with Gasteiger partial charge in [0.15, 0.2) is 0 Å². The molecule has 0 bridgehead atoms. The highest BCUT2D eigenvalue weighted by Crippen LogP contribution is 1.88. The molecule has 76 valence electrons. The van der Waals surface area contributed by atoms with Crippen LogP contribution in [0, 0.1) is 0 Å². The van der Waals surface area contributed by atoms with E-state index in [0.29, 0.717) is 0 Å². The summed E-state index contributed by atoms with van der Waals surface area (Å²) in [5.41, 5.74) is 1.07. The van der Waals surface area contributed by atoms with Crippen LogP contribution in [0.15, 0.2) is 29.3 Å². The fraction of sp³-hybridized carbons (Fsp3) is 0.583. The average Bonchev–Trinajstić information content (AvgIpc) is 2.18. The van der Waals surface area contributed by atoms with E-state index in [1.165, 1.54) is 0 Å². The lowest BCUT2D eigenvalue weighted by Gasteiger charge is -1.90. The van der Waals surface area contributed by atoms with Crippen molar-refractivity contribution >= 4 is 5.71 Å². The van der Waals surface area contributed by atoms with Crippen molar-refractivity contribution in [2.75, 3.05) is 6.54 Å². The zero-order valence-electron chi connectivity index (χ0n) is 9.67. The summed E-state index contributed by atoms with van der Waals surface area (Å²) >= 11 is 0. The molecule has 0 atom stereocenters. The maximum atomic E-state index is 4.29. The molecule has 0 aromatic heterocycles. The predicted molar refractivity (Wildman–Crippen MR) is 63.6 cm³/mol. The van der Waals surface area contributed by atoms with E-state index in [9.17, 15) is 0 Å². The summed E-state index contributed by atoms with van der Waals surface area (Å²) in [6.45, 7) is 11.0. The van der Waals surface area contributed by atoms with E-state index in [4.69, 9.17) is 0 Å². The van der Waals surface area contributed by atoms with Gasteiger partial charge in [-0.15, -0.1) is 0 Å². The van der Waals surface area contributed by atoms with Gasteiger partial charge in [-0.05, 0) is 32.4 Å². The molecule has 0 saturated heterocycles. The van der Waals surface area contributed by atoms with Crippen molar-refractivity contribution in [3.05, 3.63) is 24.3 Å². The highest BCUT2D eigenvalue weighted by molar-refractivity contribution is 6.03. The third-order valence-electron chi connectivity index (χ3n) is 1.20. The molecule has 0 aliphatic carbocycles. The van der Waals surface area contributed by atoms with Crippen LogP contribution >= 0.6 is 0 Å². The van der Waals surface area contributed by atoms with E-state index in [0.717, 1.165) is 18.7 Å². The monoisotopic (exact) mass is 181 g/mol. The van der Waals surface area contributed by atoms with E-state index in [2.05, 4.69) is 24.1 Å². The Morgan fingerprint density at radius 3 is 2.15 bits per heavy atom. The molecule has 0 unspecified atom stereocenters. The number of aliphatic imine (C=N–C) groups is 1. The maximum absolute atomic E-state index is 4.29. The number of allylic oxidation sites excluding steroid dienone is 4. The average molecular weight is 181 g/mol. The van der Waals surface area contributed by atoms with Crippen LogP contribution in [0.25, 0.3) is 0 Å². The fourth-order valence-electron chi connectivity index (χ4n) is 0.753. The van der Waals surface area contributed by atoms with Gasteiger partial charge in [-0.1, -0.05) is 32.9 Å². The van der Waals surface area contributed by atoms with Gasteiger partial charge in [0.25, 0.3) is 0 Å². The number of hydrogen-bond donors (Lipinski definition) is 0. The minimum Gasteiger partial charge on any atom is -0.286 e. The van der Waals surface area contributed by atoms with Gasteiger partial charge in [-0.3, -0.25) is 4.99 Å². The number of rotatable bonds is 4. The van der Waals surface area contributed by atoms with Crippen LogP contribution in [0.4, 0.5) is 0 Å². The summed E-state index contributed by atoms with van der Waals surface area (Å²) in [7, 11) is 0. The van der Waals surface area contributed by atoms with Crippen molar-refractivity contribution in [1.29, 1.82) is 0 Å². The topological polar surface area (TPSA) is 12.4 Å². The first kappa shape index (κ1) is 14.7. The van der Waals surface area contributed by atoms with Crippen molar-refractivity contribution in [2.24, 2.45) is 4.99 Å². The van der Waals surface area contributed by atoms with E-state index in [-0.39, 0.29) is 0 Å². The normalized spacial score (nSPS) is 11.9. The molecule has 1 nitrogen and oxygen atoms in total. The summed E-state index contributed by atoms with van der Waals surface area (Å²) in [5.74, 6) is 0. The Morgan fingerprint density at radius 2 is 1.77 bits per heavy atom. The second kappa shape index (κ2) is 13.7. The first-order valence-electron chi connectivity index (χ1n) is 5.18. The highest BCUT2D eigenvalue weighted by atomic mass is 14.7. The van der Waals surface area contributed by atoms with Crippen molar-refractivity contribution in [1.82, 2.24) is 0 Å². The number of hydrogen-bond acceptors (Lipinski definition) is 1. The molecule has 0 heterocycles. The van der Waals surface area contributed by atoms with Crippen LogP contribution in [0.1, 0.15) is 41.0 Å².